The Kier molecular flexibility index (Phi) is 4.86. The van der Waals surface area contributed by atoms with Gasteiger partial charge in [-0.05, 0) is 49.9 Å². The third-order valence-corrected chi connectivity index (χ3v) is 6.02. The van der Waals surface area contributed by atoms with Crippen molar-refractivity contribution < 1.29 is 8.95 Å². The van der Waals surface area contributed by atoms with Crippen molar-refractivity contribution in [2.24, 2.45) is 5.41 Å². The smallest absolute Gasteiger partial charge is 0.120 e. The lowest BCUT2D eigenvalue weighted by Gasteiger charge is -2.40. The Bertz CT molecular complexity index is 487. The molecular formula is C16H25NO2S. The van der Waals surface area contributed by atoms with Crippen molar-refractivity contribution in [3.05, 3.63) is 24.3 Å². The van der Waals surface area contributed by atoms with Crippen molar-refractivity contribution in [3.8, 4) is 5.75 Å². The lowest BCUT2D eigenvalue weighted by Crippen LogP contribution is -2.47. The van der Waals surface area contributed by atoms with Crippen LogP contribution in [0.4, 0.5) is 0 Å². The lowest BCUT2D eigenvalue weighted by atomic mass is 9.75. The van der Waals surface area contributed by atoms with Gasteiger partial charge in [0.25, 0.3) is 0 Å². The number of benzene rings is 1. The molecular weight excluding hydrogens is 270 g/mol. The molecule has 0 amide bonds. The summed E-state index contributed by atoms with van der Waals surface area (Å²) < 4.78 is 18.2. The second-order valence-corrected chi connectivity index (χ2v) is 7.99. The highest BCUT2D eigenvalue weighted by Gasteiger charge is 2.37. The molecule has 2 rings (SSSR count). The monoisotopic (exact) mass is 295 g/mol. The highest BCUT2D eigenvalue weighted by Crippen LogP contribution is 2.38. The Morgan fingerprint density at radius 3 is 2.80 bits per heavy atom. The van der Waals surface area contributed by atoms with Crippen LogP contribution in [0.1, 0.15) is 33.1 Å². The van der Waals surface area contributed by atoms with E-state index in [0.717, 1.165) is 23.5 Å². The Labute approximate surface area is 124 Å². The first-order valence-electron chi connectivity index (χ1n) is 7.19. The van der Waals surface area contributed by atoms with Crippen LogP contribution in [-0.4, -0.2) is 29.7 Å². The molecule has 1 aromatic rings. The molecule has 1 saturated carbocycles. The summed E-state index contributed by atoms with van der Waals surface area (Å²) in [6.07, 6.45) is 3.26. The van der Waals surface area contributed by atoms with Crippen LogP contribution in [0.25, 0.3) is 0 Å². The summed E-state index contributed by atoms with van der Waals surface area (Å²) in [5.74, 6) is 0.770. The molecule has 0 aliphatic heterocycles. The molecule has 1 aromatic carbocycles. The topological polar surface area (TPSA) is 38.3 Å². The first-order valence-corrected chi connectivity index (χ1v) is 8.40. The van der Waals surface area contributed by atoms with E-state index in [0.29, 0.717) is 6.04 Å². The third kappa shape index (κ3) is 3.41. The van der Waals surface area contributed by atoms with E-state index in [1.807, 2.05) is 31.3 Å². The predicted molar refractivity (Wildman–Crippen MR) is 83.7 cm³/mol. The number of hydrogen-bond donors (Lipinski definition) is 1. The Morgan fingerprint density at radius 2 is 2.15 bits per heavy atom. The van der Waals surface area contributed by atoms with E-state index in [4.69, 9.17) is 4.74 Å². The summed E-state index contributed by atoms with van der Waals surface area (Å²) >= 11 is 0. The van der Waals surface area contributed by atoms with E-state index in [1.54, 1.807) is 7.11 Å². The molecule has 20 heavy (non-hydrogen) atoms. The summed E-state index contributed by atoms with van der Waals surface area (Å²) in [7, 11) is 2.61. The quantitative estimate of drug-likeness (QED) is 0.928. The number of nitrogens with one attached hydrogen (secondary N) is 1. The van der Waals surface area contributed by atoms with Crippen LogP contribution in [0.15, 0.2) is 29.2 Å². The zero-order valence-electron chi connectivity index (χ0n) is 12.8. The Morgan fingerprint density at radius 1 is 1.40 bits per heavy atom. The van der Waals surface area contributed by atoms with Crippen LogP contribution in [0.5, 0.6) is 5.75 Å². The number of rotatable bonds is 4. The van der Waals surface area contributed by atoms with Crippen molar-refractivity contribution in [2.45, 2.75) is 49.3 Å². The molecule has 0 saturated heterocycles. The van der Waals surface area contributed by atoms with Crippen LogP contribution in [-0.2, 0) is 10.8 Å². The van der Waals surface area contributed by atoms with Crippen LogP contribution in [0, 0.1) is 5.41 Å². The maximum atomic E-state index is 12.9. The molecule has 112 valence electrons. The van der Waals surface area contributed by atoms with Gasteiger partial charge in [-0.15, -0.1) is 0 Å². The molecule has 3 atom stereocenters. The first-order chi connectivity index (χ1) is 9.46. The normalized spacial score (nSPS) is 27.0. The average molecular weight is 295 g/mol. The van der Waals surface area contributed by atoms with Gasteiger partial charge in [0.1, 0.15) is 5.75 Å². The van der Waals surface area contributed by atoms with E-state index in [2.05, 4.69) is 19.2 Å². The maximum Gasteiger partial charge on any atom is 0.120 e. The second kappa shape index (κ2) is 6.27. The van der Waals surface area contributed by atoms with Gasteiger partial charge in [0, 0.05) is 10.9 Å². The van der Waals surface area contributed by atoms with Crippen LogP contribution in [0.2, 0.25) is 0 Å². The zero-order valence-corrected chi connectivity index (χ0v) is 13.6. The molecule has 4 heteroatoms. The van der Waals surface area contributed by atoms with Gasteiger partial charge in [-0.1, -0.05) is 19.9 Å². The summed E-state index contributed by atoms with van der Waals surface area (Å²) in [6.45, 7) is 4.54. The number of hydrogen-bond acceptors (Lipinski definition) is 3. The molecule has 0 heterocycles. The average Bonchev–Trinajstić information content (AvgIpc) is 2.45. The van der Waals surface area contributed by atoms with Crippen molar-refractivity contribution >= 4 is 10.8 Å². The van der Waals surface area contributed by atoms with E-state index in [1.165, 1.54) is 6.42 Å². The standard InChI is InChI=1S/C16H25NO2S/c1-16(2)9-8-14(17-3)15(11-16)20(18)13-7-5-6-12(10-13)19-4/h5-7,10,14-15,17H,8-9,11H2,1-4H3. The summed E-state index contributed by atoms with van der Waals surface area (Å²) in [5.41, 5.74) is 0.270. The highest BCUT2D eigenvalue weighted by molar-refractivity contribution is 7.85. The Balaban J connectivity index is 2.24. The zero-order chi connectivity index (χ0) is 14.8. The summed E-state index contributed by atoms with van der Waals surface area (Å²) in [4.78, 5) is 0.868. The van der Waals surface area contributed by atoms with Crippen molar-refractivity contribution in [3.63, 3.8) is 0 Å². The SMILES string of the molecule is CNC1CCC(C)(C)CC1S(=O)c1cccc(OC)c1. The fourth-order valence-corrected chi connectivity index (χ4v) is 4.95. The minimum atomic E-state index is -1.00. The molecule has 3 nitrogen and oxygen atoms in total. The van der Waals surface area contributed by atoms with Gasteiger partial charge in [-0.2, -0.15) is 0 Å². The van der Waals surface area contributed by atoms with Gasteiger partial charge >= 0.3 is 0 Å². The van der Waals surface area contributed by atoms with Gasteiger partial charge in [0.05, 0.1) is 23.2 Å². The van der Waals surface area contributed by atoms with Gasteiger partial charge < -0.3 is 10.1 Å². The predicted octanol–water partition coefficient (Wildman–Crippen LogP) is 2.97. The van der Waals surface area contributed by atoms with Gasteiger partial charge in [0.15, 0.2) is 0 Å². The maximum absolute atomic E-state index is 12.9. The van der Waals surface area contributed by atoms with E-state index in [-0.39, 0.29) is 10.7 Å². The fourth-order valence-electron chi connectivity index (χ4n) is 2.98. The third-order valence-electron chi connectivity index (χ3n) is 4.25. The molecule has 1 aliphatic carbocycles. The molecule has 0 bridgehead atoms. The van der Waals surface area contributed by atoms with Crippen molar-refractivity contribution in [1.29, 1.82) is 0 Å². The van der Waals surface area contributed by atoms with Crippen LogP contribution in [0.3, 0.4) is 0 Å². The fraction of sp³-hybridized carbons (Fsp3) is 0.625. The molecule has 1 N–H and O–H groups in total. The molecule has 0 spiro atoms. The minimum Gasteiger partial charge on any atom is -0.497 e. The van der Waals surface area contributed by atoms with Crippen molar-refractivity contribution in [1.82, 2.24) is 5.32 Å². The van der Waals surface area contributed by atoms with Crippen LogP contribution < -0.4 is 10.1 Å². The molecule has 1 fully saturated rings. The molecule has 3 unspecified atom stereocenters. The van der Waals surface area contributed by atoms with E-state index >= 15 is 0 Å². The lowest BCUT2D eigenvalue weighted by molar-refractivity contribution is 0.216. The van der Waals surface area contributed by atoms with Gasteiger partial charge in [-0.3, -0.25) is 4.21 Å². The highest BCUT2D eigenvalue weighted by atomic mass is 32.2. The molecule has 0 radical (unpaired) electrons. The van der Waals surface area contributed by atoms with Crippen molar-refractivity contribution in [2.75, 3.05) is 14.2 Å². The van der Waals surface area contributed by atoms with Gasteiger partial charge in [-0.25, -0.2) is 0 Å². The minimum absolute atomic E-state index is 0.163. The van der Waals surface area contributed by atoms with E-state index in [9.17, 15) is 4.21 Å². The first kappa shape index (κ1) is 15.5. The molecule has 1 aliphatic rings. The summed E-state index contributed by atoms with van der Waals surface area (Å²) in [6, 6.07) is 7.96. The van der Waals surface area contributed by atoms with E-state index < -0.39 is 10.8 Å². The number of ether oxygens (including phenoxy) is 1. The largest absolute Gasteiger partial charge is 0.497 e. The molecule has 0 aromatic heterocycles. The number of methoxy groups -OCH3 is 1. The van der Waals surface area contributed by atoms with Crippen LogP contribution >= 0.6 is 0 Å². The van der Waals surface area contributed by atoms with Gasteiger partial charge in [0.2, 0.25) is 0 Å². The summed E-state index contributed by atoms with van der Waals surface area (Å²) in [5, 5.41) is 3.51. The Hall–Kier alpha value is -0.870. The second-order valence-electron chi connectivity index (χ2n) is 6.32.